The van der Waals surface area contributed by atoms with Gasteiger partial charge in [0, 0.05) is 0 Å². The first-order chi connectivity index (χ1) is 28.2. The van der Waals surface area contributed by atoms with Gasteiger partial charge in [-0.3, -0.25) is 0 Å². The van der Waals surface area contributed by atoms with Crippen molar-refractivity contribution >= 4 is 28.0 Å². The van der Waals surface area contributed by atoms with E-state index in [-0.39, 0.29) is 26.2 Å². The summed E-state index contributed by atoms with van der Waals surface area (Å²) in [6.07, 6.45) is -7.22. The standard InChI is InChI=1S/C24BF20.3C5H5.Zr/c26-5-1(6(27)14(35)21(42)13(5)34)25(2-7(28)15(36)22(43)16(37)8(2)29,3-9(30)17(38)23(44)18(39)10(3)31)4-11(32)19(40)24(45)20(41)12(4)33;3*1-2-4-5-3-1;/h;3*1-5H;/q4*-1;+4. The minimum Gasteiger partial charge on any atom is -0.214 e. The molecule has 7 rings (SSSR count). The summed E-state index contributed by atoms with van der Waals surface area (Å²) in [6, 6.07) is 30.0. The summed E-state index contributed by atoms with van der Waals surface area (Å²) in [7, 11) is 0. The van der Waals surface area contributed by atoms with Crippen LogP contribution in [0.15, 0.2) is 91.0 Å². The van der Waals surface area contributed by atoms with E-state index in [0.29, 0.717) is 0 Å². The number of hydrogen-bond donors (Lipinski definition) is 0. The molecule has 0 bridgehead atoms. The van der Waals surface area contributed by atoms with E-state index in [0.717, 1.165) is 0 Å². The Morgan fingerprint density at radius 3 is 0.426 bits per heavy atom. The van der Waals surface area contributed by atoms with Crippen molar-refractivity contribution in [1.29, 1.82) is 0 Å². The third-order valence-electron chi connectivity index (χ3n) is 8.37. The van der Waals surface area contributed by atoms with Crippen LogP contribution in [-0.2, 0) is 26.2 Å². The van der Waals surface area contributed by atoms with Crippen molar-refractivity contribution < 1.29 is 114 Å². The summed E-state index contributed by atoms with van der Waals surface area (Å²) >= 11 is 0. The molecule has 22 heteroatoms. The van der Waals surface area contributed by atoms with Gasteiger partial charge in [-0.15, -0.1) is 21.9 Å². The van der Waals surface area contributed by atoms with E-state index in [1.165, 1.54) is 0 Å². The van der Waals surface area contributed by atoms with Gasteiger partial charge in [-0.2, -0.15) is 54.6 Å². The quantitative estimate of drug-likeness (QED) is 0.0542. The van der Waals surface area contributed by atoms with Crippen molar-refractivity contribution in [3.05, 3.63) is 207 Å². The minimum atomic E-state index is -7.22. The van der Waals surface area contributed by atoms with Gasteiger partial charge in [0.15, 0.2) is 69.8 Å². The zero-order chi connectivity index (χ0) is 45.0. The summed E-state index contributed by atoms with van der Waals surface area (Å²) < 4.78 is 294. The van der Waals surface area contributed by atoms with Crippen molar-refractivity contribution in [3.8, 4) is 0 Å². The van der Waals surface area contributed by atoms with Gasteiger partial charge in [-0.05, 0) is 0 Å². The monoisotopic (exact) mass is 964 g/mol. The van der Waals surface area contributed by atoms with Crippen LogP contribution in [0.3, 0.4) is 0 Å². The number of benzene rings is 4. The second kappa shape index (κ2) is 20.4. The Morgan fingerprint density at radius 1 is 0.213 bits per heavy atom. The molecule has 0 aromatic heterocycles. The molecule has 7 aromatic carbocycles. The molecule has 0 spiro atoms. The Morgan fingerprint density at radius 2 is 0.328 bits per heavy atom. The molecule has 0 aliphatic rings. The predicted molar refractivity (Wildman–Crippen MR) is 175 cm³/mol. The van der Waals surface area contributed by atoms with Crippen molar-refractivity contribution in [2.24, 2.45) is 0 Å². The Kier molecular flexibility index (Phi) is 16.6. The number of rotatable bonds is 4. The second-order valence-corrected chi connectivity index (χ2v) is 11.7. The van der Waals surface area contributed by atoms with Crippen LogP contribution in [0, 0.1) is 116 Å². The van der Waals surface area contributed by atoms with E-state index < -0.39 is 144 Å². The van der Waals surface area contributed by atoms with Crippen LogP contribution in [0.1, 0.15) is 0 Å². The van der Waals surface area contributed by atoms with Crippen LogP contribution in [0.25, 0.3) is 0 Å². The van der Waals surface area contributed by atoms with Crippen LogP contribution in [0.4, 0.5) is 87.8 Å². The van der Waals surface area contributed by atoms with Gasteiger partial charge < -0.3 is 0 Å². The Bertz CT molecular complexity index is 2090. The first kappa shape index (κ1) is 49.8. The van der Waals surface area contributed by atoms with Crippen LogP contribution in [0.5, 0.6) is 0 Å². The third kappa shape index (κ3) is 8.95. The molecule has 0 fully saturated rings. The SMILES string of the molecule is Fc1c(F)c(F)c([B-](c2c(F)c(F)c(F)c(F)c2F)(c2c(F)c(F)c(F)c(F)c2F)c2c(F)c(F)c(F)c(F)c2F)c(F)c1F.[Zr+4].c1cc[cH-]c1.c1cc[cH-]c1.c1cc[cH-]c1. The molecule has 0 saturated heterocycles. The zero-order valence-corrected chi connectivity index (χ0v) is 31.8. The fraction of sp³-hybridized carbons (Fsp3) is 0. The average Bonchev–Trinajstić information content (AvgIpc) is 4.09. The maximum absolute atomic E-state index is 15.4. The minimum absolute atomic E-state index is 0. The van der Waals surface area contributed by atoms with Crippen molar-refractivity contribution in [3.63, 3.8) is 0 Å². The summed E-state index contributed by atoms with van der Waals surface area (Å²) in [4.78, 5) is 0. The molecule has 61 heavy (non-hydrogen) atoms. The zero-order valence-electron chi connectivity index (χ0n) is 29.3. The molecule has 0 aliphatic heterocycles. The van der Waals surface area contributed by atoms with Crippen molar-refractivity contribution in [1.82, 2.24) is 0 Å². The first-order valence-electron chi connectivity index (χ1n) is 15.9. The molecule has 0 radical (unpaired) electrons. The molecule has 0 nitrogen and oxygen atoms in total. The fourth-order valence-electron chi connectivity index (χ4n) is 5.84. The van der Waals surface area contributed by atoms with Gasteiger partial charge in [0.25, 0.3) is 0 Å². The average molecular weight is 966 g/mol. The molecule has 0 amide bonds. The van der Waals surface area contributed by atoms with Gasteiger partial charge in [0.1, 0.15) is 52.7 Å². The van der Waals surface area contributed by atoms with Gasteiger partial charge in [0.05, 0.1) is 0 Å². The molecule has 0 unspecified atom stereocenters. The van der Waals surface area contributed by atoms with Crippen LogP contribution < -0.4 is 21.9 Å². The second-order valence-electron chi connectivity index (χ2n) is 11.7. The van der Waals surface area contributed by atoms with Gasteiger partial charge in [0.2, 0.25) is 0 Å². The van der Waals surface area contributed by atoms with Crippen LogP contribution >= 0.6 is 0 Å². The van der Waals surface area contributed by atoms with Gasteiger partial charge in [-0.25, -0.2) is 124 Å². The third-order valence-corrected chi connectivity index (χ3v) is 8.37. The van der Waals surface area contributed by atoms with E-state index >= 15 is 35.1 Å². The van der Waals surface area contributed by atoms with E-state index in [4.69, 9.17) is 0 Å². The molecule has 0 aliphatic carbocycles. The van der Waals surface area contributed by atoms with E-state index in [1.807, 2.05) is 91.0 Å². The number of halogens is 20. The van der Waals surface area contributed by atoms with Crippen molar-refractivity contribution in [2.75, 3.05) is 0 Å². The van der Waals surface area contributed by atoms with E-state index in [2.05, 4.69) is 0 Å². The van der Waals surface area contributed by atoms with Crippen LogP contribution in [0.2, 0.25) is 0 Å². The normalized spacial score (nSPS) is 10.8. The predicted octanol–water partition coefficient (Wildman–Crippen LogP) is 10.1. The van der Waals surface area contributed by atoms with Crippen molar-refractivity contribution in [2.45, 2.75) is 0 Å². The molecule has 7 aromatic rings. The van der Waals surface area contributed by atoms with E-state index in [1.54, 1.807) is 0 Å². The topological polar surface area (TPSA) is 0 Å². The molecule has 0 heterocycles. The molecular formula is C39H15BF20Zr. The molecule has 0 N–H and O–H groups in total. The van der Waals surface area contributed by atoms with Crippen LogP contribution in [-0.4, -0.2) is 6.15 Å². The maximum Gasteiger partial charge on any atom is 4.00 e. The first-order valence-corrected chi connectivity index (χ1v) is 15.9. The maximum atomic E-state index is 15.4. The Balaban J connectivity index is 0.000000515. The Hall–Kier alpha value is -5.52. The largest absolute Gasteiger partial charge is 4.00 e. The fourth-order valence-corrected chi connectivity index (χ4v) is 5.84. The molecular weight excluding hydrogens is 950 g/mol. The molecule has 0 saturated carbocycles. The van der Waals surface area contributed by atoms with E-state index in [9.17, 15) is 52.7 Å². The Labute approximate surface area is 348 Å². The number of hydrogen-bond acceptors (Lipinski definition) is 0. The van der Waals surface area contributed by atoms with Gasteiger partial charge >= 0.3 is 26.2 Å². The summed E-state index contributed by atoms with van der Waals surface area (Å²) in [5.41, 5.74) is -14.3. The molecule has 0 atom stereocenters. The summed E-state index contributed by atoms with van der Waals surface area (Å²) in [5.74, 6) is -71.4. The van der Waals surface area contributed by atoms with Gasteiger partial charge in [-0.1, -0.05) is 0 Å². The summed E-state index contributed by atoms with van der Waals surface area (Å²) in [5, 5.41) is 0. The molecule has 318 valence electrons. The smallest absolute Gasteiger partial charge is 0.214 e. The summed E-state index contributed by atoms with van der Waals surface area (Å²) in [6.45, 7) is 0.